The summed E-state index contributed by atoms with van der Waals surface area (Å²) >= 11 is 3.48. The number of nitrogens with zero attached hydrogens (tertiary/aromatic N) is 6. The molecule has 11 nitrogen and oxygen atoms in total. The van der Waals surface area contributed by atoms with Crippen LogP contribution in [0.2, 0.25) is 0 Å². The average molecular weight is 596 g/mol. The molecule has 0 unspecified atom stereocenters. The van der Waals surface area contributed by atoms with Gasteiger partial charge in [-0.25, -0.2) is 14.2 Å². The Labute approximate surface area is 232 Å². The largest absolute Gasteiger partial charge is 0.493 e. The van der Waals surface area contributed by atoms with Gasteiger partial charge in [0.05, 0.1) is 28.1 Å². The molecule has 0 atom stereocenters. The molecule has 3 heterocycles. The standard InChI is InChI=1S/C27H30BrN7O4/c1-15-16(2)20(7-6-18(15)28)35-25(37)17(24(36)30-26(35)38)14-29-19-12-22-23(33(5)27(39)32(22)4)13-21(19)34-10-8-31(3)9-11-34/h6-7,12-14,37H,8-11H2,1-5H3,(H,30,36,38). The van der Waals surface area contributed by atoms with Gasteiger partial charge in [0, 0.05) is 51.0 Å². The summed E-state index contributed by atoms with van der Waals surface area (Å²) in [6, 6.07) is 7.23. The minimum Gasteiger partial charge on any atom is -0.493 e. The minimum absolute atomic E-state index is 0.152. The number of halogens is 1. The van der Waals surface area contributed by atoms with Crippen molar-refractivity contribution < 1.29 is 5.11 Å². The molecule has 0 saturated carbocycles. The Bertz CT molecular complexity index is 1820. The van der Waals surface area contributed by atoms with Crippen LogP contribution in [-0.4, -0.2) is 68.1 Å². The van der Waals surface area contributed by atoms with E-state index < -0.39 is 17.1 Å². The first-order valence-corrected chi connectivity index (χ1v) is 13.3. The Hall–Kier alpha value is -3.90. The first-order valence-electron chi connectivity index (χ1n) is 12.5. The van der Waals surface area contributed by atoms with Gasteiger partial charge in [0.2, 0.25) is 5.88 Å². The van der Waals surface area contributed by atoms with Crippen LogP contribution >= 0.6 is 15.9 Å². The van der Waals surface area contributed by atoms with Crippen molar-refractivity contribution in [3.63, 3.8) is 0 Å². The summed E-state index contributed by atoms with van der Waals surface area (Å²) in [4.78, 5) is 49.6. The Balaban J connectivity index is 1.68. The monoisotopic (exact) mass is 595 g/mol. The molecule has 1 saturated heterocycles. The number of aromatic nitrogens is 4. The van der Waals surface area contributed by atoms with Crippen molar-refractivity contribution >= 4 is 44.6 Å². The van der Waals surface area contributed by atoms with E-state index >= 15 is 0 Å². The normalized spacial score (nSPS) is 14.7. The number of anilines is 1. The van der Waals surface area contributed by atoms with Gasteiger partial charge in [-0.05, 0) is 56.3 Å². The number of benzene rings is 2. The van der Waals surface area contributed by atoms with Gasteiger partial charge in [-0.2, -0.15) is 0 Å². The van der Waals surface area contributed by atoms with E-state index in [-0.39, 0.29) is 11.3 Å². The lowest BCUT2D eigenvalue weighted by Gasteiger charge is -2.34. The molecule has 2 N–H and O–H groups in total. The van der Waals surface area contributed by atoms with Crippen LogP contribution in [-0.2, 0) is 14.1 Å². The lowest BCUT2D eigenvalue weighted by Crippen LogP contribution is -2.44. The zero-order valence-electron chi connectivity index (χ0n) is 22.4. The summed E-state index contributed by atoms with van der Waals surface area (Å²) in [6.07, 6.45) is 1.27. The average Bonchev–Trinajstić information content (AvgIpc) is 3.11. The number of aromatic amines is 1. The van der Waals surface area contributed by atoms with Crippen LogP contribution in [0.25, 0.3) is 16.7 Å². The molecule has 4 aromatic rings. The molecule has 204 valence electrons. The Kier molecular flexibility index (Phi) is 6.85. The highest BCUT2D eigenvalue weighted by Crippen LogP contribution is 2.34. The van der Waals surface area contributed by atoms with E-state index in [1.165, 1.54) is 6.21 Å². The lowest BCUT2D eigenvalue weighted by atomic mass is 10.1. The van der Waals surface area contributed by atoms with Gasteiger partial charge in [0.1, 0.15) is 5.56 Å². The predicted molar refractivity (Wildman–Crippen MR) is 157 cm³/mol. The number of aromatic hydroxyl groups is 1. The maximum absolute atomic E-state index is 12.8. The smallest absolute Gasteiger partial charge is 0.335 e. The van der Waals surface area contributed by atoms with E-state index in [0.717, 1.165) is 57.5 Å². The molecule has 0 aliphatic carbocycles. The molecule has 1 aliphatic rings. The fourth-order valence-electron chi connectivity index (χ4n) is 4.96. The fourth-order valence-corrected chi connectivity index (χ4v) is 5.38. The number of rotatable bonds is 4. The number of imidazole rings is 1. The van der Waals surface area contributed by atoms with Crippen LogP contribution in [0.15, 0.2) is 48.1 Å². The zero-order chi connectivity index (χ0) is 28.2. The second-order valence-corrected chi connectivity index (χ2v) is 10.8. The molecule has 2 aromatic carbocycles. The number of fused-ring (bicyclic) bond motifs is 1. The van der Waals surface area contributed by atoms with Gasteiger partial charge < -0.3 is 14.9 Å². The van der Waals surface area contributed by atoms with Crippen LogP contribution < -0.4 is 21.8 Å². The van der Waals surface area contributed by atoms with Crippen molar-refractivity contribution in [2.24, 2.45) is 19.1 Å². The molecule has 1 fully saturated rings. The lowest BCUT2D eigenvalue weighted by molar-refractivity contribution is 0.313. The third-order valence-electron chi connectivity index (χ3n) is 7.60. The molecule has 1 aliphatic heterocycles. The highest BCUT2D eigenvalue weighted by molar-refractivity contribution is 9.10. The van der Waals surface area contributed by atoms with Crippen LogP contribution in [0.1, 0.15) is 16.7 Å². The third-order valence-corrected chi connectivity index (χ3v) is 8.46. The number of hydrogen-bond donors (Lipinski definition) is 2. The maximum Gasteiger partial charge on any atom is 0.335 e. The summed E-state index contributed by atoms with van der Waals surface area (Å²) in [5.41, 5.74) is 3.13. The Morgan fingerprint density at radius 2 is 1.56 bits per heavy atom. The molecule has 2 aromatic heterocycles. The van der Waals surface area contributed by atoms with E-state index in [0.29, 0.717) is 16.9 Å². The second kappa shape index (κ2) is 10.0. The van der Waals surface area contributed by atoms with Gasteiger partial charge in [0.15, 0.2) is 0 Å². The number of piperazine rings is 1. The molecule has 12 heteroatoms. The Morgan fingerprint density at radius 1 is 0.923 bits per heavy atom. The SMILES string of the molecule is Cc1c(Br)ccc(-n2c(O)c(C=Nc3cc4c(cc3N3CCN(C)CC3)n(C)c(=O)n4C)c(=O)[nH]c2=O)c1C. The fraction of sp³-hybridized carbons (Fsp3) is 0.333. The molecule has 0 radical (unpaired) electrons. The molecule has 39 heavy (non-hydrogen) atoms. The van der Waals surface area contributed by atoms with Crippen molar-refractivity contribution in [2.45, 2.75) is 13.8 Å². The van der Waals surface area contributed by atoms with Crippen LogP contribution in [0.4, 0.5) is 11.4 Å². The van der Waals surface area contributed by atoms with Crippen molar-refractivity contribution in [2.75, 3.05) is 38.1 Å². The van der Waals surface area contributed by atoms with Crippen LogP contribution in [0.3, 0.4) is 0 Å². The quantitative estimate of drug-likeness (QED) is 0.349. The van der Waals surface area contributed by atoms with Gasteiger partial charge in [-0.15, -0.1) is 0 Å². The highest BCUT2D eigenvalue weighted by atomic mass is 79.9. The zero-order valence-corrected chi connectivity index (χ0v) is 24.0. The number of H-pyrrole nitrogens is 1. The van der Waals surface area contributed by atoms with E-state index in [4.69, 9.17) is 0 Å². The summed E-state index contributed by atoms with van der Waals surface area (Å²) in [6.45, 7) is 7.00. The minimum atomic E-state index is -0.752. The molecule has 0 spiro atoms. The number of likely N-dealkylation sites (N-methyl/N-ethyl adjacent to an activating group) is 1. The van der Waals surface area contributed by atoms with Crippen LogP contribution in [0.5, 0.6) is 5.88 Å². The highest BCUT2D eigenvalue weighted by Gasteiger charge is 2.21. The van der Waals surface area contributed by atoms with Crippen molar-refractivity contribution in [3.8, 4) is 11.6 Å². The van der Waals surface area contributed by atoms with E-state index in [2.05, 4.69) is 42.8 Å². The first-order chi connectivity index (χ1) is 18.5. The summed E-state index contributed by atoms with van der Waals surface area (Å²) < 4.78 is 5.08. The summed E-state index contributed by atoms with van der Waals surface area (Å²) in [5, 5.41) is 11.1. The first kappa shape index (κ1) is 26.7. The van der Waals surface area contributed by atoms with Crippen molar-refractivity contribution in [1.29, 1.82) is 0 Å². The number of nitrogens with one attached hydrogen (secondary N) is 1. The van der Waals surface area contributed by atoms with Crippen molar-refractivity contribution in [3.05, 3.63) is 76.8 Å². The van der Waals surface area contributed by atoms with Gasteiger partial charge in [-0.1, -0.05) is 15.9 Å². The van der Waals surface area contributed by atoms with Gasteiger partial charge in [-0.3, -0.25) is 23.9 Å². The molecule has 0 amide bonds. The topological polar surface area (TPSA) is 121 Å². The second-order valence-electron chi connectivity index (χ2n) is 9.93. The third kappa shape index (κ3) is 4.53. The van der Waals surface area contributed by atoms with Gasteiger partial charge >= 0.3 is 11.4 Å². The number of hydrogen-bond acceptors (Lipinski definition) is 7. The Morgan fingerprint density at radius 3 is 2.23 bits per heavy atom. The summed E-state index contributed by atoms with van der Waals surface area (Å²) in [7, 11) is 5.50. The van der Waals surface area contributed by atoms with E-state index in [1.807, 2.05) is 26.0 Å². The number of aliphatic imine (C=N–C) groups is 1. The van der Waals surface area contributed by atoms with Gasteiger partial charge in [0.25, 0.3) is 5.56 Å². The molecule has 5 rings (SSSR count). The molecular formula is C27H30BrN7O4. The van der Waals surface area contributed by atoms with Crippen LogP contribution in [0, 0.1) is 13.8 Å². The summed E-state index contributed by atoms with van der Waals surface area (Å²) in [5.74, 6) is -0.508. The predicted octanol–water partition coefficient (Wildman–Crippen LogP) is 2.30. The van der Waals surface area contributed by atoms with Crippen molar-refractivity contribution in [1.82, 2.24) is 23.6 Å². The molecular weight excluding hydrogens is 566 g/mol. The molecule has 0 bridgehead atoms. The maximum atomic E-state index is 12.8. The van der Waals surface area contributed by atoms with E-state index in [1.54, 1.807) is 35.4 Å². The number of aryl methyl sites for hydroxylation is 2. The van der Waals surface area contributed by atoms with E-state index in [9.17, 15) is 19.5 Å².